The normalized spacial score (nSPS) is 16.1. The van der Waals surface area contributed by atoms with E-state index in [9.17, 15) is 13.2 Å². The maximum absolute atomic E-state index is 13.6. The lowest BCUT2D eigenvalue weighted by Crippen LogP contribution is -2.51. The van der Waals surface area contributed by atoms with E-state index in [2.05, 4.69) is 12.2 Å². The number of amides is 1. The molecule has 4 rings (SSSR count). The minimum absolute atomic E-state index is 0.0645. The van der Waals surface area contributed by atoms with Gasteiger partial charge in [-0.3, -0.25) is 9.10 Å². The Morgan fingerprint density at radius 2 is 1.83 bits per heavy atom. The monoisotopic (exact) mass is 514 g/mol. The fourth-order valence-corrected chi connectivity index (χ4v) is 5.53. The van der Waals surface area contributed by atoms with Crippen molar-refractivity contribution in [1.29, 1.82) is 0 Å². The van der Waals surface area contributed by atoms with E-state index in [0.29, 0.717) is 10.8 Å². The zero-order valence-corrected chi connectivity index (χ0v) is 21.3. The van der Waals surface area contributed by atoms with Gasteiger partial charge in [0.25, 0.3) is 15.9 Å². The van der Waals surface area contributed by atoms with Gasteiger partial charge in [-0.15, -0.1) is 0 Å². The van der Waals surface area contributed by atoms with Crippen molar-refractivity contribution in [3.63, 3.8) is 0 Å². The molecule has 3 aromatic rings. The molecular formula is C26H27ClN2O5S. The van der Waals surface area contributed by atoms with Crippen LogP contribution in [0, 0.1) is 0 Å². The molecule has 0 saturated heterocycles. The van der Waals surface area contributed by atoms with Crippen LogP contribution in [0.4, 0.5) is 5.69 Å². The maximum Gasteiger partial charge on any atom is 0.264 e. The van der Waals surface area contributed by atoms with Crippen molar-refractivity contribution in [3.05, 3.63) is 82.9 Å². The number of fused-ring (bicyclic) bond motifs is 1. The van der Waals surface area contributed by atoms with Gasteiger partial charge in [0.2, 0.25) is 0 Å². The molecular weight excluding hydrogens is 488 g/mol. The molecule has 1 aliphatic heterocycles. The fourth-order valence-electron chi connectivity index (χ4n) is 3.90. The molecule has 35 heavy (non-hydrogen) atoms. The number of anilines is 1. The molecule has 9 heteroatoms. The van der Waals surface area contributed by atoms with Crippen molar-refractivity contribution in [2.45, 2.75) is 37.3 Å². The van der Waals surface area contributed by atoms with Crippen LogP contribution in [0.3, 0.4) is 0 Å². The second-order valence-electron chi connectivity index (χ2n) is 8.26. The Hall–Kier alpha value is -3.23. The standard InChI is InChI=1S/C26H27ClN2O5S/c1-4-18-5-7-19(8-6-18)17(2)28-26(30)25-16-29(23-15-20(27)9-14-24(23)34-25)35(31,32)22-12-10-21(33-3)11-13-22/h5-15,17,25H,4,16H2,1-3H3,(H,28,30)/t17-,25-/m1/s1. The van der Waals surface area contributed by atoms with Crippen molar-refractivity contribution < 1.29 is 22.7 Å². The molecule has 1 heterocycles. The third-order valence-electron chi connectivity index (χ3n) is 5.98. The summed E-state index contributed by atoms with van der Waals surface area (Å²) in [7, 11) is -2.51. The molecule has 0 radical (unpaired) electrons. The molecule has 3 aromatic carbocycles. The van der Waals surface area contributed by atoms with Crippen molar-refractivity contribution in [1.82, 2.24) is 5.32 Å². The number of halogens is 1. The molecule has 0 unspecified atom stereocenters. The zero-order valence-electron chi connectivity index (χ0n) is 19.7. The van der Waals surface area contributed by atoms with Crippen LogP contribution in [0.25, 0.3) is 0 Å². The van der Waals surface area contributed by atoms with E-state index in [0.717, 1.165) is 12.0 Å². The minimum Gasteiger partial charge on any atom is -0.497 e. The fraction of sp³-hybridized carbons (Fsp3) is 0.269. The second-order valence-corrected chi connectivity index (χ2v) is 10.6. The van der Waals surface area contributed by atoms with Gasteiger partial charge >= 0.3 is 0 Å². The number of hydrogen-bond acceptors (Lipinski definition) is 5. The van der Waals surface area contributed by atoms with Crippen LogP contribution in [0.1, 0.15) is 31.0 Å². The van der Waals surface area contributed by atoms with Crippen molar-refractivity contribution in [2.75, 3.05) is 18.0 Å². The summed E-state index contributed by atoms with van der Waals surface area (Å²) in [6.45, 7) is 3.76. The van der Waals surface area contributed by atoms with E-state index in [-0.39, 0.29) is 28.9 Å². The summed E-state index contributed by atoms with van der Waals surface area (Å²) in [6.07, 6.45) is -0.118. The Kier molecular flexibility index (Phi) is 7.23. The summed E-state index contributed by atoms with van der Waals surface area (Å²) in [5.41, 5.74) is 2.43. The number of benzene rings is 3. The first-order valence-corrected chi connectivity index (χ1v) is 13.1. The van der Waals surface area contributed by atoms with Crippen LogP contribution < -0.4 is 19.1 Å². The SMILES string of the molecule is CCc1ccc([C@@H](C)NC(=O)[C@H]2CN(S(=O)(=O)c3ccc(OC)cc3)c3cc(Cl)ccc3O2)cc1. The average molecular weight is 515 g/mol. The molecule has 184 valence electrons. The predicted molar refractivity (Wildman–Crippen MR) is 136 cm³/mol. The number of methoxy groups -OCH3 is 1. The van der Waals surface area contributed by atoms with Crippen molar-refractivity contribution in [2.24, 2.45) is 0 Å². The summed E-state index contributed by atoms with van der Waals surface area (Å²) in [5.74, 6) is 0.387. The highest BCUT2D eigenvalue weighted by atomic mass is 35.5. The highest BCUT2D eigenvalue weighted by molar-refractivity contribution is 7.92. The van der Waals surface area contributed by atoms with Gasteiger partial charge in [-0.2, -0.15) is 0 Å². The van der Waals surface area contributed by atoms with Crippen LogP contribution in [0.5, 0.6) is 11.5 Å². The molecule has 7 nitrogen and oxygen atoms in total. The van der Waals surface area contributed by atoms with Gasteiger partial charge in [0.15, 0.2) is 6.10 Å². The van der Waals surface area contributed by atoms with Crippen molar-refractivity contribution >= 4 is 33.2 Å². The first kappa shape index (κ1) is 24.9. The smallest absolute Gasteiger partial charge is 0.264 e. The number of aryl methyl sites for hydroxylation is 1. The summed E-state index contributed by atoms with van der Waals surface area (Å²) < 4.78 is 39.4. The van der Waals surface area contributed by atoms with E-state index >= 15 is 0 Å². The Balaban J connectivity index is 1.61. The molecule has 2 atom stereocenters. The number of ether oxygens (including phenoxy) is 2. The quantitative estimate of drug-likeness (QED) is 0.492. The van der Waals surface area contributed by atoms with E-state index in [1.165, 1.54) is 35.2 Å². The zero-order chi connectivity index (χ0) is 25.2. The van der Waals surface area contributed by atoms with E-state index in [1.807, 2.05) is 31.2 Å². The van der Waals surface area contributed by atoms with Gasteiger partial charge in [-0.05, 0) is 66.9 Å². The second kappa shape index (κ2) is 10.2. The number of sulfonamides is 1. The molecule has 0 fully saturated rings. The van der Waals surface area contributed by atoms with E-state index in [1.54, 1.807) is 24.3 Å². The van der Waals surface area contributed by atoms with Gasteiger partial charge in [-0.1, -0.05) is 42.8 Å². The molecule has 0 aromatic heterocycles. The first-order chi connectivity index (χ1) is 16.7. The van der Waals surface area contributed by atoms with Gasteiger partial charge < -0.3 is 14.8 Å². The lowest BCUT2D eigenvalue weighted by atomic mass is 10.0. The minimum atomic E-state index is -4.01. The molecule has 1 N–H and O–H groups in total. The van der Waals surface area contributed by atoms with Gasteiger partial charge in [-0.25, -0.2) is 8.42 Å². The molecule has 0 bridgehead atoms. The highest BCUT2D eigenvalue weighted by Gasteiger charge is 2.38. The number of carbonyl (C=O) groups is 1. The topological polar surface area (TPSA) is 84.9 Å². The number of nitrogens with zero attached hydrogens (tertiary/aromatic N) is 1. The number of nitrogens with one attached hydrogen (secondary N) is 1. The molecule has 0 spiro atoms. The van der Waals surface area contributed by atoms with Crippen LogP contribution >= 0.6 is 11.6 Å². The third-order valence-corrected chi connectivity index (χ3v) is 8.01. The Labute approximate surface area is 210 Å². The number of hydrogen-bond donors (Lipinski definition) is 1. The molecule has 0 aliphatic carbocycles. The van der Waals surface area contributed by atoms with E-state index in [4.69, 9.17) is 21.1 Å². The lowest BCUT2D eigenvalue weighted by Gasteiger charge is -2.35. The first-order valence-electron chi connectivity index (χ1n) is 11.2. The maximum atomic E-state index is 13.6. The number of rotatable bonds is 7. The summed E-state index contributed by atoms with van der Waals surface area (Å²) in [5, 5.41) is 3.30. The van der Waals surface area contributed by atoms with Crippen LogP contribution in [-0.4, -0.2) is 34.1 Å². The van der Waals surface area contributed by atoms with Crippen LogP contribution in [0.2, 0.25) is 5.02 Å². The summed E-state index contributed by atoms with van der Waals surface area (Å²) in [4.78, 5) is 13.2. The average Bonchev–Trinajstić information content (AvgIpc) is 2.87. The Bertz CT molecular complexity index is 1310. The van der Waals surface area contributed by atoms with Gasteiger partial charge in [0.1, 0.15) is 11.5 Å². The van der Waals surface area contributed by atoms with Crippen LogP contribution in [0.15, 0.2) is 71.6 Å². The summed E-state index contributed by atoms with van der Waals surface area (Å²) in [6, 6.07) is 18.5. The highest BCUT2D eigenvalue weighted by Crippen LogP contribution is 2.39. The number of carbonyl (C=O) groups excluding carboxylic acids is 1. The lowest BCUT2D eigenvalue weighted by molar-refractivity contribution is -0.128. The largest absolute Gasteiger partial charge is 0.497 e. The van der Waals surface area contributed by atoms with Crippen molar-refractivity contribution in [3.8, 4) is 11.5 Å². The third kappa shape index (κ3) is 5.23. The Morgan fingerprint density at radius 1 is 1.14 bits per heavy atom. The van der Waals surface area contributed by atoms with Gasteiger partial charge in [0.05, 0.1) is 30.3 Å². The summed E-state index contributed by atoms with van der Waals surface area (Å²) >= 11 is 6.16. The molecule has 1 amide bonds. The Morgan fingerprint density at radius 3 is 2.46 bits per heavy atom. The van der Waals surface area contributed by atoms with Gasteiger partial charge in [0, 0.05) is 5.02 Å². The predicted octanol–water partition coefficient (Wildman–Crippen LogP) is 4.74. The van der Waals surface area contributed by atoms with Crippen LogP contribution in [-0.2, 0) is 21.2 Å². The molecule has 1 aliphatic rings. The van der Waals surface area contributed by atoms with E-state index < -0.39 is 22.0 Å². The molecule has 0 saturated carbocycles.